The molecule has 1 atom stereocenters. The Labute approximate surface area is 122 Å². The highest BCUT2D eigenvalue weighted by atomic mass is 32.2. The first kappa shape index (κ1) is 14.9. The minimum absolute atomic E-state index is 0.0938. The van der Waals surface area contributed by atoms with Crippen molar-refractivity contribution in [1.29, 1.82) is 0 Å². The molecule has 4 heteroatoms. The molecule has 0 saturated carbocycles. The van der Waals surface area contributed by atoms with Crippen molar-refractivity contribution in [2.24, 2.45) is 0 Å². The third kappa shape index (κ3) is 3.31. The van der Waals surface area contributed by atoms with Gasteiger partial charge in [0.25, 0.3) is 5.91 Å². The smallest absolute Gasteiger partial charge is 0.252 e. The van der Waals surface area contributed by atoms with Crippen molar-refractivity contribution in [2.45, 2.75) is 19.9 Å². The average Bonchev–Trinajstić information content (AvgIpc) is 2.45. The van der Waals surface area contributed by atoms with Crippen LogP contribution in [0.4, 0.5) is 4.39 Å². The Morgan fingerprint density at radius 1 is 1.25 bits per heavy atom. The van der Waals surface area contributed by atoms with Gasteiger partial charge in [0.15, 0.2) is 0 Å². The van der Waals surface area contributed by atoms with E-state index in [1.165, 1.54) is 6.07 Å². The van der Waals surface area contributed by atoms with E-state index in [-0.39, 0.29) is 17.8 Å². The van der Waals surface area contributed by atoms with Crippen LogP contribution in [-0.4, -0.2) is 23.5 Å². The van der Waals surface area contributed by atoms with Crippen molar-refractivity contribution >= 4 is 28.4 Å². The fraction of sp³-hybridized carbons (Fsp3) is 0.312. The number of carbonyl (C=O) groups excluding carboxylic acids is 1. The molecule has 1 unspecified atom stereocenters. The summed E-state index contributed by atoms with van der Waals surface area (Å²) in [4.78, 5) is 12.3. The maximum atomic E-state index is 13.7. The van der Waals surface area contributed by atoms with Gasteiger partial charge in [-0.15, -0.1) is 0 Å². The molecule has 0 bridgehead atoms. The van der Waals surface area contributed by atoms with Crippen molar-refractivity contribution in [3.63, 3.8) is 0 Å². The lowest BCUT2D eigenvalue weighted by molar-refractivity contribution is 0.0945. The second kappa shape index (κ2) is 6.75. The largest absolute Gasteiger partial charge is 0.349 e. The number of thioether (sulfide) groups is 1. The van der Waals surface area contributed by atoms with Crippen molar-refractivity contribution < 1.29 is 9.18 Å². The topological polar surface area (TPSA) is 29.1 Å². The summed E-state index contributed by atoms with van der Waals surface area (Å²) in [6, 6.07) is 10.0. The summed E-state index contributed by atoms with van der Waals surface area (Å²) in [5.74, 6) is 1.46. The van der Waals surface area contributed by atoms with E-state index in [1.54, 1.807) is 36.0 Å². The number of hydrogen-bond donors (Lipinski definition) is 1. The van der Waals surface area contributed by atoms with Gasteiger partial charge in [0, 0.05) is 22.7 Å². The zero-order chi connectivity index (χ0) is 14.5. The van der Waals surface area contributed by atoms with E-state index >= 15 is 0 Å². The van der Waals surface area contributed by atoms with Gasteiger partial charge in [0.2, 0.25) is 0 Å². The molecule has 1 N–H and O–H groups in total. The number of amides is 1. The third-order valence-corrected chi connectivity index (χ3v) is 4.21. The molecule has 2 aromatic carbocycles. The highest BCUT2D eigenvalue weighted by molar-refractivity contribution is 7.99. The molecule has 0 fully saturated rings. The first-order chi connectivity index (χ1) is 9.63. The van der Waals surface area contributed by atoms with Gasteiger partial charge in [-0.25, -0.2) is 4.39 Å². The molecule has 1 amide bonds. The van der Waals surface area contributed by atoms with Crippen molar-refractivity contribution in [1.82, 2.24) is 5.32 Å². The maximum Gasteiger partial charge on any atom is 0.252 e. The Kier molecular flexibility index (Phi) is 5.01. The van der Waals surface area contributed by atoms with Gasteiger partial charge in [0.1, 0.15) is 5.82 Å². The van der Waals surface area contributed by atoms with Gasteiger partial charge in [-0.05, 0) is 30.2 Å². The summed E-state index contributed by atoms with van der Waals surface area (Å²) in [7, 11) is 0. The van der Waals surface area contributed by atoms with Gasteiger partial charge in [-0.2, -0.15) is 11.8 Å². The Morgan fingerprint density at radius 3 is 2.65 bits per heavy atom. The Morgan fingerprint density at radius 2 is 1.95 bits per heavy atom. The molecule has 0 aliphatic rings. The summed E-state index contributed by atoms with van der Waals surface area (Å²) in [5, 5.41) is 4.10. The first-order valence-corrected chi connectivity index (χ1v) is 7.84. The number of benzene rings is 2. The van der Waals surface area contributed by atoms with Crippen LogP contribution in [0, 0.1) is 5.82 Å². The van der Waals surface area contributed by atoms with Crippen LogP contribution in [0.5, 0.6) is 0 Å². The van der Waals surface area contributed by atoms with E-state index in [2.05, 4.69) is 12.2 Å². The van der Waals surface area contributed by atoms with Crippen molar-refractivity contribution in [3.05, 3.63) is 47.8 Å². The number of hydrogen-bond acceptors (Lipinski definition) is 2. The molecule has 20 heavy (non-hydrogen) atoms. The second-order valence-electron chi connectivity index (χ2n) is 4.67. The monoisotopic (exact) mass is 291 g/mol. The molecular formula is C16H18FNOS. The minimum Gasteiger partial charge on any atom is -0.349 e. The highest BCUT2D eigenvalue weighted by Gasteiger charge is 2.14. The van der Waals surface area contributed by atoms with Crippen LogP contribution in [0.1, 0.15) is 24.2 Å². The van der Waals surface area contributed by atoms with Gasteiger partial charge >= 0.3 is 0 Å². The number of halogens is 1. The molecule has 0 radical (unpaired) electrons. The van der Waals surface area contributed by atoms with Crippen molar-refractivity contribution in [3.8, 4) is 0 Å². The standard InChI is InChI=1S/C16H18FNOS/c1-3-20-10-11(2)18-16(19)14-8-9-15(17)13-7-5-4-6-12(13)14/h4-9,11H,3,10H2,1-2H3,(H,18,19). The molecule has 0 aromatic heterocycles. The quantitative estimate of drug-likeness (QED) is 0.906. The Bertz CT molecular complexity index is 614. The van der Waals surface area contributed by atoms with E-state index in [1.807, 2.05) is 13.0 Å². The van der Waals surface area contributed by atoms with Gasteiger partial charge in [-0.1, -0.05) is 31.2 Å². The van der Waals surface area contributed by atoms with E-state index < -0.39 is 0 Å². The van der Waals surface area contributed by atoms with Crippen LogP contribution in [0.25, 0.3) is 10.8 Å². The molecular weight excluding hydrogens is 273 g/mol. The third-order valence-electron chi connectivity index (χ3n) is 3.06. The lowest BCUT2D eigenvalue weighted by atomic mass is 10.0. The second-order valence-corrected chi connectivity index (χ2v) is 5.99. The summed E-state index contributed by atoms with van der Waals surface area (Å²) in [6.07, 6.45) is 0. The minimum atomic E-state index is -0.299. The van der Waals surface area contributed by atoms with E-state index in [9.17, 15) is 9.18 Å². The molecule has 0 heterocycles. The van der Waals surface area contributed by atoms with Crippen molar-refractivity contribution in [2.75, 3.05) is 11.5 Å². The predicted molar refractivity (Wildman–Crippen MR) is 83.8 cm³/mol. The molecule has 106 valence electrons. The SMILES string of the molecule is CCSCC(C)NC(=O)c1ccc(F)c2ccccc12. The lowest BCUT2D eigenvalue weighted by Gasteiger charge is -2.14. The van der Waals surface area contributed by atoms with Crippen LogP contribution in [-0.2, 0) is 0 Å². The first-order valence-electron chi connectivity index (χ1n) is 6.69. The zero-order valence-corrected chi connectivity index (χ0v) is 12.5. The van der Waals surface area contributed by atoms with Crippen LogP contribution in [0.2, 0.25) is 0 Å². The summed E-state index contributed by atoms with van der Waals surface area (Å²) in [5.41, 5.74) is 0.523. The molecule has 0 spiro atoms. The maximum absolute atomic E-state index is 13.7. The van der Waals surface area contributed by atoms with E-state index in [4.69, 9.17) is 0 Å². The predicted octanol–water partition coefficient (Wildman–Crippen LogP) is 3.85. The molecule has 0 aliphatic carbocycles. The average molecular weight is 291 g/mol. The van der Waals surface area contributed by atoms with Gasteiger partial charge < -0.3 is 5.32 Å². The normalized spacial score (nSPS) is 12.3. The molecule has 0 saturated heterocycles. The van der Waals surface area contributed by atoms with E-state index in [0.717, 1.165) is 11.5 Å². The Hall–Kier alpha value is -1.55. The highest BCUT2D eigenvalue weighted by Crippen LogP contribution is 2.21. The summed E-state index contributed by atoms with van der Waals surface area (Å²) in [6.45, 7) is 4.07. The van der Waals surface area contributed by atoms with Crippen LogP contribution in [0.3, 0.4) is 0 Å². The molecule has 2 nitrogen and oxygen atoms in total. The number of nitrogens with one attached hydrogen (secondary N) is 1. The van der Waals surface area contributed by atoms with Crippen LogP contribution in [0.15, 0.2) is 36.4 Å². The van der Waals surface area contributed by atoms with Gasteiger partial charge in [-0.3, -0.25) is 4.79 Å². The lowest BCUT2D eigenvalue weighted by Crippen LogP contribution is -2.34. The number of rotatable bonds is 5. The summed E-state index contributed by atoms with van der Waals surface area (Å²) >= 11 is 1.78. The summed E-state index contributed by atoms with van der Waals surface area (Å²) < 4.78 is 13.7. The Balaban J connectivity index is 2.24. The van der Waals surface area contributed by atoms with Crippen LogP contribution < -0.4 is 5.32 Å². The number of fused-ring (bicyclic) bond motifs is 1. The molecule has 0 aliphatic heterocycles. The van der Waals surface area contributed by atoms with Gasteiger partial charge in [0.05, 0.1) is 0 Å². The van der Waals surface area contributed by atoms with Crippen LogP contribution >= 0.6 is 11.8 Å². The zero-order valence-electron chi connectivity index (χ0n) is 11.7. The molecule has 2 aromatic rings. The molecule has 2 rings (SSSR count). The van der Waals surface area contributed by atoms with E-state index in [0.29, 0.717) is 16.3 Å². The fourth-order valence-electron chi connectivity index (χ4n) is 2.10. The fourth-order valence-corrected chi connectivity index (χ4v) is 2.77. The number of carbonyl (C=O) groups is 1.